The number of carbonyl (C=O) groups is 1. The zero-order valence-electron chi connectivity index (χ0n) is 19.4. The van der Waals surface area contributed by atoms with Gasteiger partial charge in [-0.15, -0.1) is 0 Å². The van der Waals surface area contributed by atoms with Crippen molar-refractivity contribution in [2.45, 2.75) is 13.5 Å². The van der Waals surface area contributed by atoms with Gasteiger partial charge in [-0.1, -0.05) is 35.9 Å². The number of aryl methyl sites for hydroxylation is 1. The third-order valence-electron chi connectivity index (χ3n) is 5.03. The Morgan fingerprint density at radius 1 is 1.06 bits per heavy atom. The van der Waals surface area contributed by atoms with Gasteiger partial charge in [0.05, 0.1) is 25.2 Å². The number of nitro benzene ring substituents is 1. The van der Waals surface area contributed by atoms with Crippen LogP contribution >= 0.6 is 0 Å². The third kappa shape index (κ3) is 6.36. The van der Waals surface area contributed by atoms with Crippen LogP contribution in [0.1, 0.15) is 16.7 Å². The summed E-state index contributed by atoms with van der Waals surface area (Å²) >= 11 is 0. The molecule has 3 aromatic carbocycles. The molecule has 178 valence electrons. The fourth-order valence-electron chi connectivity index (χ4n) is 3.14. The lowest BCUT2D eigenvalue weighted by atomic mass is 10.1. The molecule has 0 atom stereocenters. The average molecular weight is 473 g/mol. The number of nitrogens with zero attached hydrogens (tertiary/aromatic N) is 2. The minimum absolute atomic E-state index is 0.0561. The molecular weight excluding hydrogens is 450 g/mol. The number of carbonyl (C=O) groups excluding carboxylic acids is 1. The predicted molar refractivity (Wildman–Crippen MR) is 130 cm³/mol. The second kappa shape index (κ2) is 11.3. The third-order valence-corrected chi connectivity index (χ3v) is 5.03. The van der Waals surface area contributed by atoms with Crippen molar-refractivity contribution >= 4 is 23.4 Å². The molecule has 9 nitrogen and oxygen atoms in total. The molecule has 0 aliphatic carbocycles. The lowest BCUT2D eigenvalue weighted by Gasteiger charge is -2.12. The van der Waals surface area contributed by atoms with E-state index in [1.165, 1.54) is 38.5 Å². The van der Waals surface area contributed by atoms with E-state index in [9.17, 15) is 20.2 Å². The predicted octanol–water partition coefficient (Wildman–Crippen LogP) is 5.05. The quantitative estimate of drug-likeness (QED) is 0.200. The number of nitro groups is 1. The molecule has 0 unspecified atom stereocenters. The van der Waals surface area contributed by atoms with Crippen molar-refractivity contribution in [2.24, 2.45) is 0 Å². The number of methoxy groups -OCH3 is 2. The number of nitriles is 1. The monoisotopic (exact) mass is 473 g/mol. The number of anilines is 1. The van der Waals surface area contributed by atoms with E-state index in [2.05, 4.69) is 5.32 Å². The van der Waals surface area contributed by atoms with Crippen LogP contribution in [0.3, 0.4) is 0 Å². The standard InChI is InChI=1S/C26H23N3O6/c1-17-4-6-18(7-5-17)16-35-24-11-8-19(13-25(24)34-3)12-20(15-27)26(30)28-22-10-9-21(33-2)14-23(22)29(31)32/h4-14H,16H2,1-3H3,(H,28,30)/b20-12+. The molecule has 0 aliphatic rings. The molecule has 9 heteroatoms. The maximum absolute atomic E-state index is 12.7. The highest BCUT2D eigenvalue weighted by atomic mass is 16.6. The maximum Gasteiger partial charge on any atom is 0.296 e. The smallest absolute Gasteiger partial charge is 0.296 e. The van der Waals surface area contributed by atoms with Crippen molar-refractivity contribution in [3.8, 4) is 23.3 Å². The van der Waals surface area contributed by atoms with Gasteiger partial charge in [0, 0.05) is 0 Å². The molecular formula is C26H23N3O6. The summed E-state index contributed by atoms with van der Waals surface area (Å²) in [7, 11) is 2.86. The van der Waals surface area contributed by atoms with Crippen molar-refractivity contribution in [1.82, 2.24) is 0 Å². The molecule has 0 spiro atoms. The van der Waals surface area contributed by atoms with Crippen LogP contribution in [0.15, 0.2) is 66.2 Å². The summed E-state index contributed by atoms with van der Waals surface area (Å²) < 4.78 is 16.2. The fraction of sp³-hybridized carbons (Fsp3) is 0.154. The van der Waals surface area contributed by atoms with Gasteiger partial charge >= 0.3 is 0 Å². The molecule has 0 radical (unpaired) electrons. The van der Waals surface area contributed by atoms with Crippen LogP contribution < -0.4 is 19.5 Å². The number of hydrogen-bond donors (Lipinski definition) is 1. The Labute approximate surface area is 202 Å². The molecule has 0 bridgehead atoms. The number of ether oxygens (including phenoxy) is 3. The highest BCUT2D eigenvalue weighted by Gasteiger charge is 2.19. The summed E-state index contributed by atoms with van der Waals surface area (Å²) in [6.07, 6.45) is 1.36. The summed E-state index contributed by atoms with van der Waals surface area (Å²) in [6.45, 7) is 2.35. The average Bonchev–Trinajstić information content (AvgIpc) is 2.87. The fourth-order valence-corrected chi connectivity index (χ4v) is 3.14. The van der Waals surface area contributed by atoms with Crippen molar-refractivity contribution in [3.63, 3.8) is 0 Å². The van der Waals surface area contributed by atoms with Crippen LogP contribution in [0.25, 0.3) is 6.08 Å². The van der Waals surface area contributed by atoms with E-state index in [-0.39, 0.29) is 22.7 Å². The molecule has 0 saturated carbocycles. The topological polar surface area (TPSA) is 124 Å². The van der Waals surface area contributed by atoms with Gasteiger partial charge in [-0.25, -0.2) is 0 Å². The molecule has 3 aromatic rings. The van der Waals surface area contributed by atoms with Crippen LogP contribution in [0, 0.1) is 28.4 Å². The highest BCUT2D eigenvalue weighted by molar-refractivity contribution is 6.10. The zero-order chi connectivity index (χ0) is 25.4. The number of benzene rings is 3. The zero-order valence-corrected chi connectivity index (χ0v) is 19.4. The van der Waals surface area contributed by atoms with E-state index >= 15 is 0 Å². The van der Waals surface area contributed by atoms with Crippen molar-refractivity contribution in [2.75, 3.05) is 19.5 Å². The van der Waals surface area contributed by atoms with E-state index in [0.717, 1.165) is 11.1 Å². The Bertz CT molecular complexity index is 1310. The van der Waals surface area contributed by atoms with Crippen LogP contribution in [0.2, 0.25) is 0 Å². The summed E-state index contributed by atoms with van der Waals surface area (Å²) in [5.74, 6) is 0.401. The molecule has 0 fully saturated rings. The largest absolute Gasteiger partial charge is 0.496 e. The normalized spacial score (nSPS) is 10.7. The first-order valence-electron chi connectivity index (χ1n) is 10.5. The van der Waals surface area contributed by atoms with Gasteiger partial charge < -0.3 is 19.5 Å². The second-order valence-electron chi connectivity index (χ2n) is 7.45. The Hall–Kier alpha value is -4.84. The lowest BCUT2D eigenvalue weighted by molar-refractivity contribution is -0.384. The first-order chi connectivity index (χ1) is 16.8. The van der Waals surface area contributed by atoms with E-state index in [1.807, 2.05) is 37.3 Å². The van der Waals surface area contributed by atoms with Crippen molar-refractivity contribution in [1.29, 1.82) is 5.26 Å². The molecule has 0 heterocycles. The summed E-state index contributed by atoms with van der Waals surface area (Å²) in [5, 5.41) is 23.3. The highest BCUT2D eigenvalue weighted by Crippen LogP contribution is 2.31. The van der Waals surface area contributed by atoms with Gasteiger partial charge in [-0.3, -0.25) is 14.9 Å². The molecule has 3 rings (SSSR count). The summed E-state index contributed by atoms with van der Waals surface area (Å²) in [6, 6.07) is 18.8. The number of rotatable bonds is 9. The Morgan fingerprint density at radius 3 is 2.43 bits per heavy atom. The van der Waals surface area contributed by atoms with E-state index < -0.39 is 10.8 Å². The van der Waals surface area contributed by atoms with Crippen LogP contribution in [0.5, 0.6) is 17.2 Å². The number of nitrogens with one attached hydrogen (secondary N) is 1. The number of amides is 1. The van der Waals surface area contributed by atoms with E-state index in [0.29, 0.717) is 23.7 Å². The minimum Gasteiger partial charge on any atom is -0.496 e. The molecule has 1 amide bonds. The van der Waals surface area contributed by atoms with Gasteiger partial charge in [0.1, 0.15) is 29.7 Å². The van der Waals surface area contributed by atoms with Gasteiger partial charge in [0.25, 0.3) is 11.6 Å². The second-order valence-corrected chi connectivity index (χ2v) is 7.45. The van der Waals surface area contributed by atoms with E-state index in [4.69, 9.17) is 14.2 Å². The molecule has 1 N–H and O–H groups in total. The van der Waals surface area contributed by atoms with Gasteiger partial charge in [0.15, 0.2) is 11.5 Å². The van der Waals surface area contributed by atoms with Crippen LogP contribution in [-0.2, 0) is 11.4 Å². The molecule has 0 saturated heterocycles. The maximum atomic E-state index is 12.7. The molecule has 0 aliphatic heterocycles. The lowest BCUT2D eigenvalue weighted by Crippen LogP contribution is -2.14. The van der Waals surface area contributed by atoms with Crippen molar-refractivity contribution in [3.05, 3.63) is 93.0 Å². The van der Waals surface area contributed by atoms with Gasteiger partial charge in [0.2, 0.25) is 0 Å². The first kappa shape index (κ1) is 24.8. The minimum atomic E-state index is -0.792. The summed E-state index contributed by atoms with van der Waals surface area (Å²) in [5.41, 5.74) is 2.01. The Kier molecular flexibility index (Phi) is 8.03. The van der Waals surface area contributed by atoms with Gasteiger partial charge in [-0.05, 0) is 48.4 Å². The Morgan fingerprint density at radius 2 is 1.80 bits per heavy atom. The van der Waals surface area contributed by atoms with Crippen molar-refractivity contribution < 1.29 is 23.9 Å². The molecule has 0 aromatic heterocycles. The number of hydrogen-bond acceptors (Lipinski definition) is 7. The van der Waals surface area contributed by atoms with Crippen LogP contribution in [-0.4, -0.2) is 25.1 Å². The van der Waals surface area contributed by atoms with Crippen LogP contribution in [0.4, 0.5) is 11.4 Å². The first-order valence-corrected chi connectivity index (χ1v) is 10.5. The SMILES string of the molecule is COc1ccc(NC(=O)/C(C#N)=C/c2ccc(OCc3ccc(C)cc3)c(OC)c2)c([N+](=O)[O-])c1. The van der Waals surface area contributed by atoms with E-state index in [1.54, 1.807) is 18.2 Å². The molecule has 35 heavy (non-hydrogen) atoms. The Balaban J connectivity index is 1.79. The summed E-state index contributed by atoms with van der Waals surface area (Å²) in [4.78, 5) is 23.4. The van der Waals surface area contributed by atoms with Gasteiger partial charge in [-0.2, -0.15) is 5.26 Å².